The van der Waals surface area contributed by atoms with Crippen molar-refractivity contribution in [1.29, 1.82) is 0 Å². The first kappa shape index (κ1) is 20.7. The normalized spacial score (nSPS) is 13.7. The molecule has 1 aliphatic rings. The van der Waals surface area contributed by atoms with Crippen molar-refractivity contribution in [1.82, 2.24) is 4.90 Å². The summed E-state index contributed by atoms with van der Waals surface area (Å²) in [6.45, 7) is 2.19. The van der Waals surface area contributed by atoms with Gasteiger partial charge in [0.25, 0.3) is 0 Å². The number of rotatable bonds is 10. The number of fused-ring (bicyclic) bond motifs is 1. The minimum atomic E-state index is 0.607. The van der Waals surface area contributed by atoms with Crippen LogP contribution in [0.3, 0.4) is 0 Å². The third-order valence-corrected chi connectivity index (χ3v) is 5.81. The zero-order chi connectivity index (χ0) is 20.9. The molecule has 1 aliphatic carbocycles. The quantitative estimate of drug-likeness (QED) is 0.415. The Labute approximate surface area is 179 Å². The molecule has 0 bridgehead atoms. The molecule has 1 saturated carbocycles. The summed E-state index contributed by atoms with van der Waals surface area (Å²) in [4.78, 5) is 2.45. The van der Waals surface area contributed by atoms with Gasteiger partial charge in [0, 0.05) is 32.7 Å². The number of hydrogen-bond acceptors (Lipinski definition) is 4. The van der Waals surface area contributed by atoms with Crippen LogP contribution in [0, 0.1) is 0 Å². The predicted octanol–water partition coefficient (Wildman–Crippen LogP) is 5.52. The number of hydrogen-bond donors (Lipinski definition) is 0. The fraction of sp³-hybridized carbons (Fsp3) is 0.385. The van der Waals surface area contributed by atoms with Gasteiger partial charge in [-0.3, -0.25) is 4.90 Å². The predicted molar refractivity (Wildman–Crippen MR) is 122 cm³/mol. The smallest absolute Gasteiger partial charge is 0.161 e. The molecule has 0 aromatic heterocycles. The summed E-state index contributed by atoms with van der Waals surface area (Å²) in [6, 6.07) is 20.1. The Morgan fingerprint density at radius 1 is 0.900 bits per heavy atom. The third-order valence-electron chi connectivity index (χ3n) is 5.81. The molecule has 4 heteroatoms. The summed E-state index contributed by atoms with van der Waals surface area (Å²) in [5.74, 6) is 1.57. The average molecular weight is 406 g/mol. The summed E-state index contributed by atoms with van der Waals surface area (Å²) in [7, 11) is 5.64. The standard InChI is InChI=1S/C26H31NO3/c1-27(21-12-13-21)18-20-16-26(30-15-7-14-28-2)25(29-3)17-24(20)23-11-6-9-19-8-4-5-10-22(19)23/h4-6,8-11,16-17,21H,7,12-15,18H2,1-3H3. The summed E-state index contributed by atoms with van der Waals surface area (Å²) >= 11 is 0. The highest BCUT2D eigenvalue weighted by atomic mass is 16.5. The van der Waals surface area contributed by atoms with Crippen LogP contribution < -0.4 is 9.47 Å². The first-order valence-corrected chi connectivity index (χ1v) is 10.7. The number of benzene rings is 3. The Hall–Kier alpha value is -2.56. The van der Waals surface area contributed by atoms with Crippen LogP contribution in [0.1, 0.15) is 24.8 Å². The van der Waals surface area contributed by atoms with Gasteiger partial charge in [-0.2, -0.15) is 0 Å². The fourth-order valence-corrected chi connectivity index (χ4v) is 4.01. The van der Waals surface area contributed by atoms with Gasteiger partial charge in [-0.1, -0.05) is 42.5 Å². The number of methoxy groups -OCH3 is 2. The second kappa shape index (κ2) is 9.50. The fourth-order valence-electron chi connectivity index (χ4n) is 4.01. The Bertz CT molecular complexity index is 991. The molecule has 0 N–H and O–H groups in total. The van der Waals surface area contributed by atoms with E-state index < -0.39 is 0 Å². The molecular weight excluding hydrogens is 374 g/mol. The Morgan fingerprint density at radius 2 is 1.70 bits per heavy atom. The largest absolute Gasteiger partial charge is 0.493 e. The Morgan fingerprint density at radius 3 is 2.47 bits per heavy atom. The molecule has 0 amide bonds. The van der Waals surface area contributed by atoms with E-state index in [0.717, 1.165) is 24.5 Å². The highest BCUT2D eigenvalue weighted by molar-refractivity contribution is 5.97. The lowest BCUT2D eigenvalue weighted by Crippen LogP contribution is -2.20. The molecule has 0 radical (unpaired) electrons. The average Bonchev–Trinajstić information content (AvgIpc) is 3.62. The van der Waals surface area contributed by atoms with Crippen molar-refractivity contribution in [2.24, 2.45) is 0 Å². The molecule has 3 aromatic rings. The van der Waals surface area contributed by atoms with E-state index in [1.807, 2.05) is 0 Å². The molecule has 4 rings (SSSR count). The van der Waals surface area contributed by atoms with Crippen LogP contribution in [0.5, 0.6) is 11.5 Å². The molecule has 0 aliphatic heterocycles. The summed E-state index contributed by atoms with van der Waals surface area (Å²) in [5, 5.41) is 2.50. The van der Waals surface area contributed by atoms with E-state index in [1.54, 1.807) is 14.2 Å². The maximum Gasteiger partial charge on any atom is 0.161 e. The van der Waals surface area contributed by atoms with E-state index >= 15 is 0 Å². The van der Waals surface area contributed by atoms with Gasteiger partial charge in [0.2, 0.25) is 0 Å². The molecule has 0 spiro atoms. The zero-order valence-electron chi connectivity index (χ0n) is 18.2. The van der Waals surface area contributed by atoms with Crippen molar-refractivity contribution in [3.63, 3.8) is 0 Å². The topological polar surface area (TPSA) is 30.9 Å². The maximum absolute atomic E-state index is 6.08. The molecule has 1 fully saturated rings. The Kier molecular flexibility index (Phi) is 6.56. The first-order chi connectivity index (χ1) is 14.7. The monoisotopic (exact) mass is 405 g/mol. The van der Waals surface area contributed by atoms with Crippen molar-refractivity contribution >= 4 is 10.8 Å². The lowest BCUT2D eigenvalue weighted by atomic mass is 9.93. The second-order valence-electron chi connectivity index (χ2n) is 8.03. The van der Waals surface area contributed by atoms with Crippen LogP contribution in [0.15, 0.2) is 54.6 Å². The number of ether oxygens (including phenoxy) is 3. The van der Waals surface area contributed by atoms with Crippen molar-refractivity contribution in [2.75, 3.05) is 34.5 Å². The SMILES string of the molecule is COCCCOc1cc(CN(C)C2CC2)c(-c2cccc3ccccc23)cc1OC. The van der Waals surface area contributed by atoms with E-state index in [2.05, 4.69) is 66.5 Å². The van der Waals surface area contributed by atoms with Crippen molar-refractivity contribution < 1.29 is 14.2 Å². The van der Waals surface area contributed by atoms with Gasteiger partial charge in [-0.15, -0.1) is 0 Å². The van der Waals surface area contributed by atoms with Crippen LogP contribution in [-0.2, 0) is 11.3 Å². The Balaban J connectivity index is 1.76. The summed E-state index contributed by atoms with van der Waals surface area (Å²) in [5.41, 5.74) is 3.71. The van der Waals surface area contributed by atoms with E-state index in [9.17, 15) is 0 Å². The van der Waals surface area contributed by atoms with E-state index in [0.29, 0.717) is 19.3 Å². The first-order valence-electron chi connectivity index (χ1n) is 10.7. The lowest BCUT2D eigenvalue weighted by Gasteiger charge is -2.22. The highest BCUT2D eigenvalue weighted by Gasteiger charge is 2.27. The van der Waals surface area contributed by atoms with Gasteiger partial charge >= 0.3 is 0 Å². The van der Waals surface area contributed by atoms with Crippen molar-refractivity contribution in [3.8, 4) is 22.6 Å². The minimum absolute atomic E-state index is 0.607. The van der Waals surface area contributed by atoms with Gasteiger partial charge in [0.15, 0.2) is 11.5 Å². The van der Waals surface area contributed by atoms with Crippen molar-refractivity contribution in [3.05, 3.63) is 60.2 Å². The molecule has 3 aromatic carbocycles. The van der Waals surface area contributed by atoms with Crippen LogP contribution in [-0.4, -0.2) is 45.4 Å². The van der Waals surface area contributed by atoms with Crippen LogP contribution >= 0.6 is 0 Å². The van der Waals surface area contributed by atoms with Crippen LogP contribution in [0.2, 0.25) is 0 Å². The van der Waals surface area contributed by atoms with Gasteiger partial charge in [-0.05, 0) is 59.5 Å². The second-order valence-corrected chi connectivity index (χ2v) is 8.03. The molecule has 30 heavy (non-hydrogen) atoms. The lowest BCUT2D eigenvalue weighted by molar-refractivity contribution is 0.170. The van der Waals surface area contributed by atoms with Crippen LogP contribution in [0.25, 0.3) is 21.9 Å². The molecule has 4 nitrogen and oxygen atoms in total. The van der Waals surface area contributed by atoms with E-state index in [-0.39, 0.29) is 0 Å². The van der Waals surface area contributed by atoms with Crippen LogP contribution in [0.4, 0.5) is 0 Å². The molecular formula is C26H31NO3. The molecule has 0 atom stereocenters. The third kappa shape index (κ3) is 4.61. The molecule has 0 saturated heterocycles. The molecule has 158 valence electrons. The minimum Gasteiger partial charge on any atom is -0.493 e. The van der Waals surface area contributed by atoms with E-state index in [4.69, 9.17) is 14.2 Å². The van der Waals surface area contributed by atoms with Gasteiger partial charge < -0.3 is 14.2 Å². The van der Waals surface area contributed by atoms with E-state index in [1.165, 1.54) is 40.3 Å². The number of nitrogens with zero attached hydrogens (tertiary/aromatic N) is 1. The zero-order valence-corrected chi connectivity index (χ0v) is 18.2. The van der Waals surface area contributed by atoms with Gasteiger partial charge in [-0.25, -0.2) is 0 Å². The van der Waals surface area contributed by atoms with Gasteiger partial charge in [0.1, 0.15) is 0 Å². The van der Waals surface area contributed by atoms with Crippen molar-refractivity contribution in [2.45, 2.75) is 31.8 Å². The van der Waals surface area contributed by atoms with Gasteiger partial charge in [0.05, 0.1) is 13.7 Å². The summed E-state index contributed by atoms with van der Waals surface area (Å²) in [6.07, 6.45) is 3.43. The molecule has 0 unspecified atom stereocenters. The maximum atomic E-state index is 6.08. The summed E-state index contributed by atoms with van der Waals surface area (Å²) < 4.78 is 17.0. The highest BCUT2D eigenvalue weighted by Crippen LogP contribution is 2.40. The molecule has 0 heterocycles.